The summed E-state index contributed by atoms with van der Waals surface area (Å²) in [4.78, 5) is 94.0. The standard InChI is InChI=1S/C30H46N10O8S/c31-18(16-49)25(44)34-11-5-4-9-20-27(46)38-19(10-6-12-35-30(32)33)26(45)36-15-23(41)37-22(14-24(42)43)29(48)40-21(28(47)39-20)13-17-7-2-1-3-8-17/h1-3,7-8,18-22,49H,4-6,9-16,31H2,(H,34,44)(H,36,45)(H,37,41)(H,38,46)(H,39,47)(H,40,48)(H,42,43)(H4,32,33,35)/t18-,19+,20+,21-,22+/m1/s1. The number of carboxylic acid groups (broad SMARTS) is 1. The monoisotopic (exact) mass is 706 g/mol. The smallest absolute Gasteiger partial charge is 0.305 e. The van der Waals surface area contributed by atoms with Gasteiger partial charge in [0.05, 0.1) is 19.0 Å². The lowest BCUT2D eigenvalue weighted by atomic mass is 10.0. The molecule has 1 aromatic rings. The largest absolute Gasteiger partial charge is 0.481 e. The van der Waals surface area contributed by atoms with E-state index < -0.39 is 84.6 Å². The first-order chi connectivity index (χ1) is 23.3. The van der Waals surface area contributed by atoms with E-state index in [2.05, 4.69) is 49.5 Å². The number of thiol groups is 1. The SMILES string of the molecule is NC(N)=NCCC[C@@H]1NC(=O)[C@H](CCCCNC(=O)[C@H](N)CS)NC(=O)[C@@H](Cc2ccccc2)NC(=O)[C@H](CC(=O)O)NC(=O)CNC1=O. The molecule has 0 saturated carbocycles. The van der Waals surface area contributed by atoms with Crippen molar-refractivity contribution in [1.82, 2.24) is 31.9 Å². The number of carboxylic acids is 1. The zero-order valence-corrected chi connectivity index (χ0v) is 27.9. The third kappa shape index (κ3) is 15.2. The summed E-state index contributed by atoms with van der Waals surface area (Å²) in [7, 11) is 0. The third-order valence-electron chi connectivity index (χ3n) is 7.33. The maximum atomic E-state index is 13.8. The summed E-state index contributed by atoms with van der Waals surface area (Å²) in [6.45, 7) is -0.271. The van der Waals surface area contributed by atoms with Crippen molar-refractivity contribution >= 4 is 60.0 Å². The second-order valence-electron chi connectivity index (χ2n) is 11.3. The molecule has 0 bridgehead atoms. The number of hydrogen-bond donors (Lipinski definition) is 11. The van der Waals surface area contributed by atoms with Crippen molar-refractivity contribution in [2.75, 3.05) is 25.4 Å². The summed E-state index contributed by atoms with van der Waals surface area (Å²) in [5.74, 6) is -5.87. The van der Waals surface area contributed by atoms with E-state index in [0.29, 0.717) is 18.4 Å². The van der Waals surface area contributed by atoms with Gasteiger partial charge in [0.1, 0.15) is 24.2 Å². The molecule has 1 aliphatic rings. The molecule has 270 valence electrons. The highest BCUT2D eigenvalue weighted by Crippen LogP contribution is 2.09. The Balaban J connectivity index is 2.41. The first kappa shape index (κ1) is 40.3. The Morgan fingerprint density at radius 3 is 2.08 bits per heavy atom. The minimum absolute atomic E-state index is 0.0363. The van der Waals surface area contributed by atoms with Gasteiger partial charge in [0.15, 0.2) is 5.96 Å². The summed E-state index contributed by atoms with van der Waals surface area (Å²) < 4.78 is 0. The topological polar surface area (TPSA) is 302 Å². The molecule has 5 atom stereocenters. The molecule has 0 aromatic heterocycles. The van der Waals surface area contributed by atoms with Gasteiger partial charge in [0, 0.05) is 25.3 Å². The van der Waals surface area contributed by atoms with Crippen molar-refractivity contribution in [1.29, 1.82) is 0 Å². The summed E-state index contributed by atoms with van der Waals surface area (Å²) in [5.41, 5.74) is 17.1. The van der Waals surface area contributed by atoms with Crippen molar-refractivity contribution in [3.63, 3.8) is 0 Å². The van der Waals surface area contributed by atoms with Crippen LogP contribution < -0.4 is 49.1 Å². The highest BCUT2D eigenvalue weighted by atomic mass is 32.1. The van der Waals surface area contributed by atoms with E-state index in [1.54, 1.807) is 30.3 Å². The molecule has 18 nitrogen and oxygen atoms in total. The number of nitrogens with two attached hydrogens (primary N) is 3. The van der Waals surface area contributed by atoms with Crippen molar-refractivity contribution in [2.24, 2.45) is 22.2 Å². The van der Waals surface area contributed by atoms with E-state index in [9.17, 15) is 38.7 Å². The van der Waals surface area contributed by atoms with E-state index >= 15 is 0 Å². The fraction of sp³-hybridized carbons (Fsp3) is 0.533. The van der Waals surface area contributed by atoms with Crippen molar-refractivity contribution < 1.29 is 38.7 Å². The molecule has 0 aliphatic carbocycles. The molecule has 0 radical (unpaired) electrons. The number of nitrogens with one attached hydrogen (secondary N) is 6. The van der Waals surface area contributed by atoms with E-state index in [-0.39, 0.29) is 50.5 Å². The number of aliphatic carboxylic acids is 1. The number of aliphatic imine (C=N–C) groups is 1. The summed E-state index contributed by atoms with van der Waals surface area (Å²) in [6.07, 6.45) is 0.273. The molecular formula is C30H46N10O8S. The molecule has 1 saturated heterocycles. The molecular weight excluding hydrogens is 660 g/mol. The lowest BCUT2D eigenvalue weighted by Crippen LogP contribution is -2.58. The lowest BCUT2D eigenvalue weighted by Gasteiger charge is -2.26. The second-order valence-corrected chi connectivity index (χ2v) is 11.7. The first-order valence-electron chi connectivity index (χ1n) is 15.7. The fourth-order valence-electron chi connectivity index (χ4n) is 4.74. The van der Waals surface area contributed by atoms with E-state index in [0.717, 1.165) is 0 Å². The number of nitrogens with zero attached hydrogens (tertiary/aromatic N) is 1. The zero-order chi connectivity index (χ0) is 36.3. The van der Waals surface area contributed by atoms with E-state index in [4.69, 9.17) is 17.2 Å². The van der Waals surface area contributed by atoms with Gasteiger partial charge < -0.3 is 54.2 Å². The minimum atomic E-state index is -1.59. The predicted octanol–water partition coefficient (Wildman–Crippen LogP) is -3.63. The van der Waals surface area contributed by atoms with Crippen LogP contribution in [0.2, 0.25) is 0 Å². The van der Waals surface area contributed by atoms with Gasteiger partial charge in [-0.2, -0.15) is 12.6 Å². The van der Waals surface area contributed by atoms with Crippen LogP contribution in [0, 0.1) is 0 Å². The molecule has 19 heteroatoms. The molecule has 49 heavy (non-hydrogen) atoms. The molecule has 0 unspecified atom stereocenters. The number of carbonyl (C=O) groups excluding carboxylic acids is 6. The maximum absolute atomic E-state index is 13.8. The number of benzene rings is 1. The Hall–Kier alpha value is -4.91. The molecule has 1 aliphatic heterocycles. The first-order valence-corrected chi connectivity index (χ1v) is 16.4. The maximum Gasteiger partial charge on any atom is 0.305 e. The zero-order valence-electron chi connectivity index (χ0n) is 27.0. The van der Waals surface area contributed by atoms with Crippen molar-refractivity contribution in [3.8, 4) is 0 Å². The van der Waals surface area contributed by atoms with Crippen LogP contribution in [0.4, 0.5) is 0 Å². The lowest BCUT2D eigenvalue weighted by molar-refractivity contribution is -0.141. The van der Waals surface area contributed by atoms with E-state index in [1.165, 1.54) is 0 Å². The third-order valence-corrected chi connectivity index (χ3v) is 7.73. The number of amides is 6. The molecule has 1 aromatic carbocycles. The van der Waals surface area contributed by atoms with Crippen LogP contribution in [-0.2, 0) is 40.0 Å². The molecule has 6 amide bonds. The average Bonchev–Trinajstić information content (AvgIpc) is 3.06. The molecule has 1 fully saturated rings. The average molecular weight is 707 g/mol. The van der Waals surface area contributed by atoms with Crippen LogP contribution in [0.25, 0.3) is 0 Å². The summed E-state index contributed by atoms with van der Waals surface area (Å²) in [5, 5.41) is 24.6. The Morgan fingerprint density at radius 1 is 0.857 bits per heavy atom. The van der Waals surface area contributed by atoms with Gasteiger partial charge in [0.2, 0.25) is 35.4 Å². The Bertz CT molecular complexity index is 1340. The van der Waals surface area contributed by atoms with Crippen LogP contribution in [0.1, 0.15) is 44.1 Å². The minimum Gasteiger partial charge on any atom is -0.481 e. The molecule has 1 heterocycles. The van der Waals surface area contributed by atoms with Gasteiger partial charge in [-0.25, -0.2) is 0 Å². The number of guanidine groups is 1. The van der Waals surface area contributed by atoms with Gasteiger partial charge in [-0.3, -0.25) is 38.6 Å². The Morgan fingerprint density at radius 2 is 1.45 bits per heavy atom. The Labute approximate surface area is 288 Å². The summed E-state index contributed by atoms with van der Waals surface area (Å²) in [6, 6.07) is 2.59. The Kier molecular flexibility index (Phi) is 17.4. The summed E-state index contributed by atoms with van der Waals surface area (Å²) >= 11 is 4.00. The van der Waals surface area contributed by atoms with Crippen molar-refractivity contribution in [3.05, 3.63) is 35.9 Å². The van der Waals surface area contributed by atoms with Gasteiger partial charge in [-0.15, -0.1) is 0 Å². The van der Waals surface area contributed by atoms with Crippen LogP contribution in [-0.4, -0.2) is 108 Å². The van der Waals surface area contributed by atoms with Crippen LogP contribution in [0.3, 0.4) is 0 Å². The van der Waals surface area contributed by atoms with Gasteiger partial charge in [-0.1, -0.05) is 30.3 Å². The normalized spacial score (nSPS) is 21.3. The molecule has 0 spiro atoms. The molecule has 13 N–H and O–H groups in total. The second kappa shape index (κ2) is 21.1. The van der Waals surface area contributed by atoms with Gasteiger partial charge in [0.25, 0.3) is 0 Å². The number of unbranched alkanes of at least 4 members (excludes halogenated alkanes) is 1. The van der Waals surface area contributed by atoms with Crippen LogP contribution in [0.15, 0.2) is 35.3 Å². The number of hydrogen-bond acceptors (Lipinski definition) is 10. The van der Waals surface area contributed by atoms with Crippen LogP contribution in [0.5, 0.6) is 0 Å². The van der Waals surface area contributed by atoms with Crippen molar-refractivity contribution in [2.45, 2.75) is 75.2 Å². The predicted molar refractivity (Wildman–Crippen MR) is 182 cm³/mol. The van der Waals surface area contributed by atoms with E-state index in [1.807, 2.05) is 0 Å². The van der Waals surface area contributed by atoms with Gasteiger partial charge in [-0.05, 0) is 37.7 Å². The number of carbonyl (C=O) groups is 7. The molecule has 2 rings (SSSR count). The highest BCUT2D eigenvalue weighted by molar-refractivity contribution is 7.80. The fourth-order valence-corrected chi connectivity index (χ4v) is 4.90. The number of rotatable bonds is 15. The van der Waals surface area contributed by atoms with Gasteiger partial charge >= 0.3 is 5.97 Å². The highest BCUT2D eigenvalue weighted by Gasteiger charge is 2.33. The quantitative estimate of drug-likeness (QED) is 0.0366. The van der Waals surface area contributed by atoms with Crippen LogP contribution >= 0.6 is 12.6 Å².